The van der Waals surface area contributed by atoms with Crippen LogP contribution in [0.4, 0.5) is 4.39 Å². The quantitative estimate of drug-likeness (QED) is 0.398. The van der Waals surface area contributed by atoms with Crippen molar-refractivity contribution in [3.63, 3.8) is 0 Å². The molecule has 0 saturated heterocycles. The zero-order valence-corrected chi connectivity index (χ0v) is 22.5. The van der Waals surface area contributed by atoms with E-state index in [9.17, 15) is 4.79 Å². The van der Waals surface area contributed by atoms with E-state index in [1.165, 1.54) is 17.9 Å². The number of imidazole rings is 1. The summed E-state index contributed by atoms with van der Waals surface area (Å²) < 4.78 is 25.8. The van der Waals surface area contributed by atoms with Gasteiger partial charge in [-0.15, -0.1) is 5.10 Å². The summed E-state index contributed by atoms with van der Waals surface area (Å²) in [4.78, 5) is 19.8. The van der Waals surface area contributed by atoms with Gasteiger partial charge in [-0.3, -0.25) is 14.4 Å². The first-order valence-corrected chi connectivity index (χ1v) is 12.4. The van der Waals surface area contributed by atoms with Crippen molar-refractivity contribution in [3.05, 3.63) is 70.6 Å². The van der Waals surface area contributed by atoms with Crippen LogP contribution in [0.5, 0.6) is 5.75 Å². The van der Waals surface area contributed by atoms with Crippen molar-refractivity contribution in [2.75, 3.05) is 20.7 Å². The number of carbonyl (C=O) groups excluding carboxylic acids is 1. The Kier molecular flexibility index (Phi) is 6.51. The second kappa shape index (κ2) is 9.67. The maximum absolute atomic E-state index is 15.2. The van der Waals surface area contributed by atoms with Crippen molar-refractivity contribution in [3.8, 4) is 11.4 Å². The minimum Gasteiger partial charge on any atom is -0.494 e. The number of likely N-dealkylation sites (N-methyl/N-ethyl adjacent to an activating group) is 1. The molecule has 0 unspecified atom stereocenters. The van der Waals surface area contributed by atoms with E-state index < -0.39 is 11.7 Å². The Bertz CT molecular complexity index is 1500. The van der Waals surface area contributed by atoms with Gasteiger partial charge in [0, 0.05) is 31.4 Å². The maximum Gasteiger partial charge on any atom is 0.271 e. The Balaban J connectivity index is 1.34. The summed E-state index contributed by atoms with van der Waals surface area (Å²) in [5.74, 6) is -0.227. The third-order valence-electron chi connectivity index (χ3n) is 6.72. The molecule has 0 fully saturated rings. The zero-order chi connectivity index (χ0) is 27.2. The fourth-order valence-corrected chi connectivity index (χ4v) is 5.06. The van der Waals surface area contributed by atoms with Gasteiger partial charge in [-0.05, 0) is 52.9 Å². The average molecular weight is 522 g/mol. The van der Waals surface area contributed by atoms with Gasteiger partial charge < -0.3 is 14.6 Å². The van der Waals surface area contributed by atoms with Gasteiger partial charge in [0.05, 0.1) is 48.2 Å². The highest BCUT2D eigenvalue weighted by molar-refractivity contribution is 5.92. The smallest absolute Gasteiger partial charge is 0.271 e. The number of nitrogens with one attached hydrogen (secondary N) is 1. The van der Waals surface area contributed by atoms with Gasteiger partial charge in [-0.1, -0.05) is 5.21 Å². The van der Waals surface area contributed by atoms with Crippen molar-refractivity contribution < 1.29 is 13.9 Å². The lowest BCUT2D eigenvalue weighted by Gasteiger charge is -2.37. The number of aryl methyl sites for hydroxylation is 2. The van der Waals surface area contributed by atoms with E-state index in [1.807, 2.05) is 11.5 Å². The summed E-state index contributed by atoms with van der Waals surface area (Å²) in [6.07, 6.45) is 3.38. The normalized spacial score (nSPS) is 14.9. The average Bonchev–Trinajstić information content (AvgIpc) is 3.56. The molecule has 1 amide bonds. The second-order valence-electron chi connectivity index (χ2n) is 10.4. The fraction of sp³-hybridized carbons (Fsp3) is 0.423. The van der Waals surface area contributed by atoms with Crippen LogP contribution in [0, 0.1) is 19.7 Å². The summed E-state index contributed by atoms with van der Waals surface area (Å²) in [6, 6.07) is 5.31. The monoisotopic (exact) mass is 521 g/mol. The minimum atomic E-state index is -0.572. The largest absolute Gasteiger partial charge is 0.494 e. The van der Waals surface area contributed by atoms with Crippen LogP contribution in [-0.4, -0.2) is 65.8 Å². The van der Waals surface area contributed by atoms with Crippen LogP contribution in [0.2, 0.25) is 0 Å². The molecule has 0 atom stereocenters. The topological polar surface area (TPSA) is 108 Å². The number of amides is 1. The van der Waals surface area contributed by atoms with Crippen LogP contribution in [0.25, 0.3) is 5.69 Å². The summed E-state index contributed by atoms with van der Waals surface area (Å²) in [5, 5.41) is 15.7. The number of ether oxygens (including phenoxy) is 1. The molecule has 0 aliphatic carbocycles. The van der Waals surface area contributed by atoms with Gasteiger partial charge in [0.25, 0.3) is 5.91 Å². The molecule has 0 saturated carbocycles. The lowest BCUT2D eigenvalue weighted by atomic mass is 10.0. The molecule has 38 heavy (non-hydrogen) atoms. The molecule has 200 valence electrons. The SMILES string of the molecule is COc1ccc(-n2cc(C)nn2)c(CNC(=O)c2cn(Cc3cc4n(n3)C(C)(C)CN(C)C4)c(C)n2)c1F. The van der Waals surface area contributed by atoms with Gasteiger partial charge >= 0.3 is 0 Å². The number of nitrogens with zero attached hydrogens (tertiary/aromatic N) is 8. The Morgan fingerprint density at radius 2 is 2.03 bits per heavy atom. The highest BCUT2D eigenvalue weighted by atomic mass is 19.1. The third kappa shape index (κ3) is 4.78. The molecule has 12 heteroatoms. The molecule has 3 aromatic heterocycles. The van der Waals surface area contributed by atoms with E-state index in [1.54, 1.807) is 25.4 Å². The molecule has 0 radical (unpaired) electrons. The summed E-state index contributed by atoms with van der Waals surface area (Å²) >= 11 is 0. The maximum atomic E-state index is 15.2. The molecule has 1 aliphatic rings. The van der Waals surface area contributed by atoms with Crippen molar-refractivity contribution in [2.24, 2.45) is 0 Å². The van der Waals surface area contributed by atoms with Crippen molar-refractivity contribution in [2.45, 2.75) is 52.9 Å². The standard InChI is InChI=1S/C26H32FN9O2/c1-16-11-35(32-30-16)22-7-8-23(38-6)24(27)20(22)10-28-25(37)21-14-34(17(2)29-21)12-18-9-19-13-33(5)15-26(3,4)36(19)31-18/h7-9,11,14H,10,12-13,15H2,1-6H3,(H,28,37). The number of hydrogen-bond donors (Lipinski definition) is 1. The molecule has 4 aromatic rings. The predicted octanol–water partition coefficient (Wildman–Crippen LogP) is 2.58. The molecule has 0 spiro atoms. The predicted molar refractivity (Wildman–Crippen MR) is 138 cm³/mol. The Hall–Kier alpha value is -4.06. The molecular weight excluding hydrogens is 489 g/mol. The number of methoxy groups -OCH3 is 1. The van der Waals surface area contributed by atoms with Crippen LogP contribution in [0.1, 0.15) is 52.8 Å². The number of aromatic nitrogens is 7. The second-order valence-corrected chi connectivity index (χ2v) is 10.4. The number of benzene rings is 1. The number of fused-ring (bicyclic) bond motifs is 1. The van der Waals surface area contributed by atoms with Gasteiger partial charge in [0.1, 0.15) is 11.5 Å². The van der Waals surface area contributed by atoms with Crippen molar-refractivity contribution >= 4 is 5.91 Å². The number of rotatable bonds is 7. The molecule has 1 aliphatic heterocycles. The molecule has 0 bridgehead atoms. The third-order valence-corrected chi connectivity index (χ3v) is 6.72. The van der Waals surface area contributed by atoms with Crippen LogP contribution in [-0.2, 0) is 25.2 Å². The first-order chi connectivity index (χ1) is 18.1. The fourth-order valence-electron chi connectivity index (χ4n) is 5.06. The molecule has 1 N–H and O–H groups in total. The van der Waals surface area contributed by atoms with E-state index >= 15 is 4.39 Å². The Labute approximate surface area is 220 Å². The highest BCUT2D eigenvalue weighted by Crippen LogP contribution is 2.27. The van der Waals surface area contributed by atoms with Crippen molar-refractivity contribution in [1.82, 2.24) is 44.5 Å². The van der Waals surface area contributed by atoms with Crippen LogP contribution in [0.3, 0.4) is 0 Å². The molecule has 4 heterocycles. The summed E-state index contributed by atoms with van der Waals surface area (Å²) in [6.45, 7) is 10.2. The Morgan fingerprint density at radius 3 is 2.74 bits per heavy atom. The van der Waals surface area contributed by atoms with Crippen LogP contribution >= 0.6 is 0 Å². The molecule has 1 aromatic carbocycles. The highest BCUT2D eigenvalue weighted by Gasteiger charge is 2.31. The van der Waals surface area contributed by atoms with Gasteiger partial charge in [0.15, 0.2) is 11.6 Å². The van der Waals surface area contributed by atoms with Gasteiger partial charge in [-0.2, -0.15) is 5.10 Å². The summed E-state index contributed by atoms with van der Waals surface area (Å²) in [5.41, 5.74) is 3.59. The first kappa shape index (κ1) is 25.6. The molecular formula is C26H32FN9O2. The van der Waals surface area contributed by atoms with E-state index in [-0.39, 0.29) is 29.1 Å². The number of carbonyl (C=O) groups is 1. The van der Waals surface area contributed by atoms with Crippen LogP contribution in [0.15, 0.2) is 30.6 Å². The Morgan fingerprint density at radius 1 is 1.24 bits per heavy atom. The van der Waals surface area contributed by atoms with E-state index in [0.717, 1.165) is 24.5 Å². The van der Waals surface area contributed by atoms with Crippen molar-refractivity contribution in [1.29, 1.82) is 0 Å². The van der Waals surface area contributed by atoms with E-state index in [0.29, 0.717) is 23.8 Å². The summed E-state index contributed by atoms with van der Waals surface area (Å²) in [7, 11) is 3.50. The van der Waals surface area contributed by atoms with Gasteiger partial charge in [0.2, 0.25) is 0 Å². The molecule has 11 nitrogen and oxygen atoms in total. The minimum absolute atomic E-state index is 0.0760. The number of hydrogen-bond acceptors (Lipinski definition) is 7. The van der Waals surface area contributed by atoms with E-state index in [2.05, 4.69) is 57.2 Å². The molecule has 5 rings (SSSR count). The van der Waals surface area contributed by atoms with Crippen LogP contribution < -0.4 is 10.1 Å². The lowest BCUT2D eigenvalue weighted by Crippen LogP contribution is -2.45. The van der Waals surface area contributed by atoms with Gasteiger partial charge in [-0.25, -0.2) is 14.1 Å². The lowest BCUT2D eigenvalue weighted by molar-refractivity contribution is 0.0945. The zero-order valence-electron chi connectivity index (χ0n) is 22.5. The number of halogens is 1. The first-order valence-electron chi connectivity index (χ1n) is 12.4. The van der Waals surface area contributed by atoms with E-state index in [4.69, 9.17) is 9.84 Å².